The number of esters is 1. The van der Waals surface area contributed by atoms with Crippen molar-refractivity contribution in [1.82, 2.24) is 0 Å². The van der Waals surface area contributed by atoms with Crippen molar-refractivity contribution >= 4 is 11.7 Å². The minimum Gasteiger partial charge on any atom is -0.490 e. The van der Waals surface area contributed by atoms with E-state index < -0.39 is 10.9 Å². The Morgan fingerprint density at radius 2 is 2.18 bits per heavy atom. The van der Waals surface area contributed by atoms with Crippen LogP contribution in [0.1, 0.15) is 23.2 Å². The molecule has 1 aromatic rings. The Hall–Kier alpha value is -2.11. The molecule has 90 valence electrons. The molecule has 0 amide bonds. The number of hydrogen-bond donors (Lipinski definition) is 0. The van der Waals surface area contributed by atoms with E-state index in [1.807, 2.05) is 0 Å². The molecule has 0 aromatic heterocycles. The van der Waals surface area contributed by atoms with Crippen molar-refractivity contribution in [1.29, 1.82) is 0 Å². The Labute approximate surface area is 97.3 Å². The van der Waals surface area contributed by atoms with Gasteiger partial charge in [0.2, 0.25) is 0 Å². The summed E-state index contributed by atoms with van der Waals surface area (Å²) in [6, 6.07) is 4.09. The van der Waals surface area contributed by atoms with Gasteiger partial charge in [0.25, 0.3) is 5.69 Å². The molecule has 1 fully saturated rings. The summed E-state index contributed by atoms with van der Waals surface area (Å²) in [4.78, 5) is 21.5. The van der Waals surface area contributed by atoms with Gasteiger partial charge in [0, 0.05) is 12.1 Å². The number of rotatable bonds is 4. The van der Waals surface area contributed by atoms with Gasteiger partial charge in [-0.3, -0.25) is 10.1 Å². The van der Waals surface area contributed by atoms with Gasteiger partial charge in [-0.2, -0.15) is 0 Å². The lowest BCUT2D eigenvalue weighted by atomic mass is 10.1. The van der Waals surface area contributed by atoms with Gasteiger partial charge >= 0.3 is 5.97 Å². The Bertz CT molecular complexity index is 467. The highest BCUT2D eigenvalue weighted by Crippen LogP contribution is 2.30. The van der Waals surface area contributed by atoms with Crippen LogP contribution in [0.5, 0.6) is 5.75 Å². The molecule has 0 saturated heterocycles. The molecule has 6 heteroatoms. The summed E-state index contributed by atoms with van der Waals surface area (Å²) in [6.45, 7) is 0. The Morgan fingerprint density at radius 3 is 2.71 bits per heavy atom. The van der Waals surface area contributed by atoms with E-state index in [-0.39, 0.29) is 17.4 Å². The second-order valence-corrected chi connectivity index (χ2v) is 3.74. The summed E-state index contributed by atoms with van der Waals surface area (Å²) in [5.74, 6) is -0.281. The summed E-state index contributed by atoms with van der Waals surface area (Å²) in [5, 5.41) is 10.7. The van der Waals surface area contributed by atoms with Crippen molar-refractivity contribution in [3.8, 4) is 5.75 Å². The minimum absolute atomic E-state index is 0.0874. The normalized spacial score (nSPS) is 14.2. The van der Waals surface area contributed by atoms with E-state index >= 15 is 0 Å². The molecule has 1 saturated carbocycles. The highest BCUT2D eigenvalue weighted by atomic mass is 16.6. The van der Waals surface area contributed by atoms with E-state index in [9.17, 15) is 14.9 Å². The molecule has 6 nitrogen and oxygen atoms in total. The molecular formula is C11H11NO5. The third kappa shape index (κ3) is 2.52. The minimum atomic E-state index is -0.738. The van der Waals surface area contributed by atoms with Crippen molar-refractivity contribution in [2.75, 3.05) is 7.11 Å². The molecule has 0 heterocycles. The van der Waals surface area contributed by atoms with Crippen molar-refractivity contribution < 1.29 is 19.2 Å². The zero-order valence-electron chi connectivity index (χ0n) is 9.21. The van der Waals surface area contributed by atoms with Crippen LogP contribution in [0.3, 0.4) is 0 Å². The van der Waals surface area contributed by atoms with Crippen molar-refractivity contribution in [3.63, 3.8) is 0 Å². The molecule has 0 N–H and O–H groups in total. The van der Waals surface area contributed by atoms with Crippen LogP contribution in [0.4, 0.5) is 5.69 Å². The van der Waals surface area contributed by atoms with Crippen LogP contribution in [0, 0.1) is 10.1 Å². The van der Waals surface area contributed by atoms with Crippen LogP contribution in [0.15, 0.2) is 18.2 Å². The SMILES string of the molecule is COC(=O)c1cc(OC2CC2)ccc1[N+](=O)[O-]. The highest BCUT2D eigenvalue weighted by molar-refractivity contribution is 5.94. The first-order valence-corrected chi connectivity index (χ1v) is 5.15. The van der Waals surface area contributed by atoms with Gasteiger partial charge in [0.1, 0.15) is 11.3 Å². The van der Waals surface area contributed by atoms with Crippen LogP contribution in [-0.2, 0) is 4.74 Å². The predicted octanol–water partition coefficient (Wildman–Crippen LogP) is 1.92. The summed E-state index contributed by atoms with van der Waals surface area (Å²) in [6.07, 6.45) is 2.12. The lowest BCUT2D eigenvalue weighted by Gasteiger charge is -2.06. The Kier molecular flexibility index (Phi) is 2.95. The van der Waals surface area contributed by atoms with Gasteiger partial charge in [-0.25, -0.2) is 4.79 Å². The van der Waals surface area contributed by atoms with Gasteiger partial charge in [-0.1, -0.05) is 0 Å². The van der Waals surface area contributed by atoms with E-state index in [1.165, 1.54) is 25.3 Å². The smallest absolute Gasteiger partial charge is 0.345 e. The van der Waals surface area contributed by atoms with Crippen molar-refractivity contribution in [2.45, 2.75) is 18.9 Å². The van der Waals surface area contributed by atoms with Gasteiger partial charge in [-0.05, 0) is 18.9 Å². The van der Waals surface area contributed by atoms with E-state index in [2.05, 4.69) is 4.74 Å². The number of ether oxygens (including phenoxy) is 2. The predicted molar refractivity (Wildman–Crippen MR) is 58.1 cm³/mol. The first-order chi connectivity index (χ1) is 8.11. The monoisotopic (exact) mass is 237 g/mol. The van der Waals surface area contributed by atoms with Gasteiger partial charge in [0.15, 0.2) is 0 Å². The first-order valence-electron chi connectivity index (χ1n) is 5.15. The number of nitro groups is 1. The number of nitro benzene ring substituents is 1. The summed E-state index contributed by atoms with van der Waals surface area (Å²) in [7, 11) is 1.18. The van der Waals surface area contributed by atoms with Crippen LogP contribution >= 0.6 is 0 Å². The molecule has 0 atom stereocenters. The van der Waals surface area contributed by atoms with E-state index in [1.54, 1.807) is 0 Å². The Morgan fingerprint density at radius 1 is 1.47 bits per heavy atom. The highest BCUT2D eigenvalue weighted by Gasteiger charge is 2.26. The van der Waals surface area contributed by atoms with E-state index in [4.69, 9.17) is 4.74 Å². The average Bonchev–Trinajstić information content (AvgIpc) is 3.11. The van der Waals surface area contributed by atoms with Crippen molar-refractivity contribution in [2.24, 2.45) is 0 Å². The van der Waals surface area contributed by atoms with Crippen LogP contribution in [0.25, 0.3) is 0 Å². The number of hydrogen-bond acceptors (Lipinski definition) is 5. The lowest BCUT2D eigenvalue weighted by molar-refractivity contribution is -0.385. The Balaban J connectivity index is 2.34. The van der Waals surface area contributed by atoms with Crippen molar-refractivity contribution in [3.05, 3.63) is 33.9 Å². The fourth-order valence-electron chi connectivity index (χ4n) is 1.40. The zero-order chi connectivity index (χ0) is 12.4. The summed E-state index contributed by atoms with van der Waals surface area (Å²) >= 11 is 0. The number of benzene rings is 1. The van der Waals surface area contributed by atoms with Gasteiger partial charge in [-0.15, -0.1) is 0 Å². The maximum absolute atomic E-state index is 11.4. The maximum Gasteiger partial charge on any atom is 0.345 e. The molecule has 0 unspecified atom stereocenters. The molecule has 0 radical (unpaired) electrons. The maximum atomic E-state index is 11.4. The van der Waals surface area contributed by atoms with E-state index in [0.29, 0.717) is 5.75 Å². The molecular weight excluding hydrogens is 226 g/mol. The quantitative estimate of drug-likeness (QED) is 0.454. The standard InChI is InChI=1S/C11H11NO5/c1-16-11(13)9-6-8(17-7-2-3-7)4-5-10(9)12(14)15/h4-7H,2-3H2,1H3. The third-order valence-corrected chi connectivity index (χ3v) is 2.40. The molecule has 17 heavy (non-hydrogen) atoms. The van der Waals surface area contributed by atoms with Gasteiger partial charge in [0.05, 0.1) is 18.1 Å². The zero-order valence-corrected chi connectivity index (χ0v) is 9.21. The molecule has 1 aromatic carbocycles. The van der Waals surface area contributed by atoms with Gasteiger partial charge < -0.3 is 9.47 Å². The molecule has 2 rings (SSSR count). The second-order valence-electron chi connectivity index (χ2n) is 3.74. The summed E-state index contributed by atoms with van der Waals surface area (Å²) < 4.78 is 9.97. The summed E-state index contributed by atoms with van der Waals surface area (Å²) in [5.41, 5.74) is -0.365. The lowest BCUT2D eigenvalue weighted by Crippen LogP contribution is -2.06. The first kappa shape index (κ1) is 11.4. The molecule has 1 aliphatic carbocycles. The third-order valence-electron chi connectivity index (χ3n) is 2.40. The van der Waals surface area contributed by atoms with Crippen LogP contribution < -0.4 is 4.74 Å². The number of carbonyl (C=O) groups is 1. The second kappa shape index (κ2) is 4.40. The average molecular weight is 237 g/mol. The topological polar surface area (TPSA) is 78.7 Å². The number of methoxy groups -OCH3 is 1. The molecule has 0 aliphatic heterocycles. The number of carbonyl (C=O) groups excluding carboxylic acids is 1. The fraction of sp³-hybridized carbons (Fsp3) is 0.364. The van der Waals surface area contributed by atoms with Crippen LogP contribution in [-0.4, -0.2) is 24.1 Å². The van der Waals surface area contributed by atoms with E-state index in [0.717, 1.165) is 12.8 Å². The number of nitrogens with zero attached hydrogens (tertiary/aromatic N) is 1. The molecule has 0 bridgehead atoms. The largest absolute Gasteiger partial charge is 0.490 e. The molecule has 0 spiro atoms. The molecule has 1 aliphatic rings. The van der Waals surface area contributed by atoms with Crippen LogP contribution in [0.2, 0.25) is 0 Å². The fourth-order valence-corrected chi connectivity index (χ4v) is 1.40.